The molecule has 2 rings (SSSR count). The summed E-state index contributed by atoms with van der Waals surface area (Å²) in [4.78, 5) is 10.5. The third-order valence-electron chi connectivity index (χ3n) is 3.20. The molecule has 0 unspecified atom stereocenters. The number of rotatable bonds is 7. The highest BCUT2D eigenvalue weighted by molar-refractivity contribution is 5.83. The van der Waals surface area contributed by atoms with Gasteiger partial charge in [0.15, 0.2) is 11.5 Å². The van der Waals surface area contributed by atoms with Crippen molar-refractivity contribution in [1.82, 2.24) is 0 Å². The van der Waals surface area contributed by atoms with Crippen molar-refractivity contribution in [3.63, 3.8) is 0 Å². The van der Waals surface area contributed by atoms with Gasteiger partial charge < -0.3 is 19.4 Å². The molecule has 0 spiro atoms. The van der Waals surface area contributed by atoms with E-state index in [1.165, 1.54) is 6.08 Å². The molecule has 0 aliphatic carbocycles. The van der Waals surface area contributed by atoms with Crippen molar-refractivity contribution in [1.29, 1.82) is 5.26 Å². The molecular formula is C19H16NO4-. The van der Waals surface area contributed by atoms with Crippen LogP contribution >= 0.6 is 0 Å². The van der Waals surface area contributed by atoms with Crippen LogP contribution in [0.3, 0.4) is 0 Å². The number of aliphatic carboxylic acids is 1. The van der Waals surface area contributed by atoms with Crippen LogP contribution in [0.25, 0.3) is 6.08 Å². The highest BCUT2D eigenvalue weighted by Gasteiger charge is 2.08. The number of hydrogen-bond acceptors (Lipinski definition) is 5. The Morgan fingerprint density at radius 3 is 2.71 bits per heavy atom. The molecule has 0 fully saturated rings. The molecule has 0 bridgehead atoms. The number of carboxylic acid groups (broad SMARTS) is 1. The van der Waals surface area contributed by atoms with Crippen molar-refractivity contribution in [2.75, 3.05) is 6.61 Å². The van der Waals surface area contributed by atoms with Crippen LogP contribution in [0, 0.1) is 11.3 Å². The van der Waals surface area contributed by atoms with Gasteiger partial charge in [-0.3, -0.25) is 0 Å². The van der Waals surface area contributed by atoms with Gasteiger partial charge in [0.25, 0.3) is 0 Å². The quantitative estimate of drug-likeness (QED) is 0.731. The Balaban J connectivity index is 2.20. The second kappa shape index (κ2) is 8.39. The van der Waals surface area contributed by atoms with Crippen molar-refractivity contribution >= 4 is 12.0 Å². The summed E-state index contributed by atoms with van der Waals surface area (Å²) in [5.41, 5.74) is 2.00. The SMILES string of the molecule is CCOc1cc(/C=C/C(=O)[O-])ccc1OCc1ccccc1C#N. The molecule has 5 nitrogen and oxygen atoms in total. The lowest BCUT2D eigenvalue weighted by atomic mass is 10.1. The average molecular weight is 322 g/mol. The number of benzene rings is 2. The maximum Gasteiger partial charge on any atom is 0.161 e. The fourth-order valence-corrected chi connectivity index (χ4v) is 2.09. The van der Waals surface area contributed by atoms with Crippen LogP contribution in [0.4, 0.5) is 0 Å². The second-order valence-electron chi connectivity index (χ2n) is 4.85. The first-order chi connectivity index (χ1) is 11.6. The molecule has 0 heterocycles. The lowest BCUT2D eigenvalue weighted by Gasteiger charge is -2.13. The number of carbonyl (C=O) groups excluding carboxylic acids is 1. The number of nitrogens with zero attached hydrogens (tertiary/aromatic N) is 1. The molecular weight excluding hydrogens is 306 g/mol. The fourth-order valence-electron chi connectivity index (χ4n) is 2.09. The van der Waals surface area contributed by atoms with E-state index in [-0.39, 0.29) is 6.61 Å². The van der Waals surface area contributed by atoms with E-state index in [0.29, 0.717) is 29.2 Å². The van der Waals surface area contributed by atoms with Crippen molar-refractivity contribution < 1.29 is 19.4 Å². The summed E-state index contributed by atoms with van der Waals surface area (Å²) in [6.07, 6.45) is 2.38. The van der Waals surface area contributed by atoms with E-state index in [4.69, 9.17) is 14.7 Å². The highest BCUT2D eigenvalue weighted by atomic mass is 16.5. The first kappa shape index (κ1) is 17.1. The first-order valence-corrected chi connectivity index (χ1v) is 7.40. The maximum atomic E-state index is 10.5. The van der Waals surface area contributed by atoms with Crippen molar-refractivity contribution in [2.24, 2.45) is 0 Å². The Morgan fingerprint density at radius 1 is 1.21 bits per heavy atom. The van der Waals surface area contributed by atoms with Crippen LogP contribution in [0.1, 0.15) is 23.6 Å². The Labute approximate surface area is 140 Å². The molecule has 0 saturated carbocycles. The zero-order valence-corrected chi connectivity index (χ0v) is 13.2. The molecule has 2 aromatic rings. The summed E-state index contributed by atoms with van der Waals surface area (Å²) < 4.78 is 11.3. The average Bonchev–Trinajstić information content (AvgIpc) is 2.59. The minimum absolute atomic E-state index is 0.234. The molecule has 0 amide bonds. The van der Waals surface area contributed by atoms with Gasteiger partial charge in [0.05, 0.1) is 24.2 Å². The third kappa shape index (κ3) is 4.62. The summed E-state index contributed by atoms with van der Waals surface area (Å²) in [6.45, 7) is 2.52. The number of hydrogen-bond donors (Lipinski definition) is 0. The normalized spacial score (nSPS) is 10.3. The lowest BCUT2D eigenvalue weighted by molar-refractivity contribution is -0.297. The molecule has 0 radical (unpaired) electrons. The molecule has 2 aromatic carbocycles. The van der Waals surface area contributed by atoms with Crippen LogP contribution in [0.5, 0.6) is 11.5 Å². The summed E-state index contributed by atoms with van der Waals surface area (Å²) in [6, 6.07) is 14.4. The van der Waals surface area contributed by atoms with E-state index < -0.39 is 5.97 Å². The van der Waals surface area contributed by atoms with Crippen molar-refractivity contribution in [3.05, 3.63) is 65.2 Å². The molecule has 0 aliphatic heterocycles. The molecule has 0 aliphatic rings. The van der Waals surface area contributed by atoms with E-state index in [1.54, 1.807) is 30.3 Å². The number of carboxylic acids is 1. The van der Waals surface area contributed by atoms with E-state index >= 15 is 0 Å². The van der Waals surface area contributed by atoms with Gasteiger partial charge >= 0.3 is 0 Å². The van der Waals surface area contributed by atoms with Gasteiger partial charge in [0, 0.05) is 5.56 Å². The molecule has 24 heavy (non-hydrogen) atoms. The van der Waals surface area contributed by atoms with Crippen LogP contribution in [-0.2, 0) is 11.4 Å². The summed E-state index contributed by atoms with van der Waals surface area (Å²) in [7, 11) is 0. The predicted octanol–water partition coefficient (Wildman–Crippen LogP) is 2.30. The molecule has 0 N–H and O–H groups in total. The minimum Gasteiger partial charge on any atom is -0.545 e. The lowest BCUT2D eigenvalue weighted by Crippen LogP contribution is -2.18. The van der Waals surface area contributed by atoms with Crippen LogP contribution in [0.2, 0.25) is 0 Å². The van der Waals surface area contributed by atoms with Gasteiger partial charge in [0.2, 0.25) is 0 Å². The van der Waals surface area contributed by atoms with E-state index in [9.17, 15) is 9.90 Å². The topological polar surface area (TPSA) is 82.4 Å². The fraction of sp³-hybridized carbons (Fsp3) is 0.158. The van der Waals surface area contributed by atoms with Crippen molar-refractivity contribution in [2.45, 2.75) is 13.5 Å². The Hall–Kier alpha value is -3.26. The Kier molecular flexibility index (Phi) is 5.98. The highest BCUT2D eigenvalue weighted by Crippen LogP contribution is 2.30. The molecule has 0 atom stereocenters. The van der Waals surface area contributed by atoms with Crippen LogP contribution in [0.15, 0.2) is 48.5 Å². The van der Waals surface area contributed by atoms with E-state index in [0.717, 1.165) is 11.6 Å². The van der Waals surface area contributed by atoms with Gasteiger partial charge in [0.1, 0.15) is 6.61 Å². The van der Waals surface area contributed by atoms with E-state index in [2.05, 4.69) is 6.07 Å². The van der Waals surface area contributed by atoms with E-state index in [1.807, 2.05) is 19.1 Å². The smallest absolute Gasteiger partial charge is 0.161 e. The summed E-state index contributed by atoms with van der Waals surface area (Å²) in [5.74, 6) is -0.232. The maximum absolute atomic E-state index is 10.5. The van der Waals surface area contributed by atoms with Gasteiger partial charge in [-0.25, -0.2) is 0 Å². The van der Waals surface area contributed by atoms with Crippen LogP contribution < -0.4 is 14.6 Å². The third-order valence-corrected chi connectivity index (χ3v) is 3.20. The Bertz CT molecular complexity index is 790. The van der Waals surface area contributed by atoms with Gasteiger partial charge in [-0.1, -0.05) is 30.3 Å². The number of carbonyl (C=O) groups is 1. The summed E-state index contributed by atoms with van der Waals surface area (Å²) in [5, 5.41) is 19.6. The number of ether oxygens (including phenoxy) is 2. The molecule has 122 valence electrons. The van der Waals surface area contributed by atoms with Crippen LogP contribution in [-0.4, -0.2) is 12.6 Å². The monoisotopic (exact) mass is 322 g/mol. The summed E-state index contributed by atoms with van der Waals surface area (Å²) >= 11 is 0. The largest absolute Gasteiger partial charge is 0.545 e. The van der Waals surface area contributed by atoms with Gasteiger partial charge in [-0.15, -0.1) is 0 Å². The molecule has 0 saturated heterocycles. The zero-order valence-electron chi connectivity index (χ0n) is 13.2. The zero-order chi connectivity index (χ0) is 17.4. The standard InChI is InChI=1S/C19H17NO4/c1-2-23-18-11-14(8-10-19(21)22)7-9-17(18)24-13-16-6-4-3-5-15(16)12-20/h3-11H,2,13H2,1H3,(H,21,22)/p-1/b10-8+. The predicted molar refractivity (Wildman–Crippen MR) is 87.1 cm³/mol. The van der Waals surface area contributed by atoms with Crippen molar-refractivity contribution in [3.8, 4) is 17.6 Å². The molecule has 0 aromatic heterocycles. The minimum atomic E-state index is -1.26. The van der Waals surface area contributed by atoms with Gasteiger partial charge in [-0.05, 0) is 36.8 Å². The second-order valence-corrected chi connectivity index (χ2v) is 4.85. The molecule has 5 heteroatoms. The number of nitriles is 1. The Morgan fingerprint density at radius 2 is 2.00 bits per heavy atom. The van der Waals surface area contributed by atoms with Gasteiger partial charge in [-0.2, -0.15) is 5.26 Å². The first-order valence-electron chi connectivity index (χ1n) is 7.40.